The first kappa shape index (κ1) is 22.8. The molecule has 1 saturated carbocycles. The zero-order chi connectivity index (χ0) is 22.5. The Morgan fingerprint density at radius 1 is 1.39 bits per heavy atom. The van der Waals surface area contributed by atoms with E-state index in [9.17, 15) is 14.4 Å². The molecule has 0 radical (unpaired) electrons. The van der Waals surface area contributed by atoms with Gasteiger partial charge in [0.2, 0.25) is 5.17 Å². The quantitative estimate of drug-likeness (QED) is 0.154. The molecular formula is C20H26FN7O2S. The van der Waals surface area contributed by atoms with Gasteiger partial charge in [-0.1, -0.05) is 13.3 Å². The number of carbonyl (C=O) groups is 1. The second kappa shape index (κ2) is 9.94. The highest BCUT2D eigenvalue weighted by Gasteiger charge is 2.24. The summed E-state index contributed by atoms with van der Waals surface area (Å²) in [7, 11) is 1.55. The van der Waals surface area contributed by atoms with Gasteiger partial charge in [0.05, 0.1) is 11.3 Å². The van der Waals surface area contributed by atoms with Crippen molar-refractivity contribution in [3.05, 3.63) is 47.4 Å². The lowest BCUT2D eigenvalue weighted by Gasteiger charge is -2.16. The number of hydrogen-bond acceptors (Lipinski definition) is 8. The van der Waals surface area contributed by atoms with E-state index in [0.717, 1.165) is 36.6 Å². The van der Waals surface area contributed by atoms with E-state index in [4.69, 9.17) is 11.7 Å². The number of aromatic nitrogens is 1. The van der Waals surface area contributed by atoms with Crippen molar-refractivity contribution in [3.8, 4) is 0 Å². The lowest BCUT2D eigenvalue weighted by atomic mass is 9.98. The van der Waals surface area contributed by atoms with Crippen LogP contribution in [0.25, 0.3) is 0 Å². The number of rotatable bonds is 5. The van der Waals surface area contributed by atoms with Gasteiger partial charge in [-0.2, -0.15) is 5.10 Å². The number of anilines is 2. The van der Waals surface area contributed by atoms with Gasteiger partial charge in [0.1, 0.15) is 0 Å². The Hall–Kier alpha value is -2.89. The third-order valence-corrected chi connectivity index (χ3v) is 6.38. The third-order valence-electron chi connectivity index (χ3n) is 5.23. The summed E-state index contributed by atoms with van der Waals surface area (Å²) in [6.45, 7) is 2.19. The molecule has 166 valence electrons. The Bertz CT molecular complexity index is 986. The van der Waals surface area contributed by atoms with Gasteiger partial charge < -0.3 is 11.2 Å². The van der Waals surface area contributed by atoms with Gasteiger partial charge in [-0.15, -0.1) is 0 Å². The molecule has 1 aliphatic carbocycles. The molecule has 1 amide bonds. The molecule has 31 heavy (non-hydrogen) atoms. The van der Waals surface area contributed by atoms with Gasteiger partial charge in [-0.05, 0) is 66.3 Å². The molecule has 7 N–H and O–H groups in total. The molecule has 1 aromatic carbocycles. The fourth-order valence-corrected chi connectivity index (χ4v) is 4.40. The molecule has 2 aromatic rings. The summed E-state index contributed by atoms with van der Waals surface area (Å²) in [5, 5.41) is 16.7. The van der Waals surface area contributed by atoms with Crippen LogP contribution >= 0.6 is 11.8 Å². The molecule has 3 rings (SSSR count). The van der Waals surface area contributed by atoms with Crippen LogP contribution in [0.1, 0.15) is 48.0 Å². The summed E-state index contributed by atoms with van der Waals surface area (Å²) >= 11 is 1.05. The van der Waals surface area contributed by atoms with Crippen LogP contribution in [-0.4, -0.2) is 33.3 Å². The van der Waals surface area contributed by atoms with Gasteiger partial charge in [0, 0.05) is 18.1 Å². The first-order valence-corrected chi connectivity index (χ1v) is 10.6. The van der Waals surface area contributed by atoms with Crippen molar-refractivity contribution in [1.82, 2.24) is 9.99 Å². The number of benzene rings is 1. The number of thioether (sulfide) groups is 1. The number of nitrogens with zero attached hydrogens (tertiary/aromatic N) is 3. The molecule has 9 nitrogen and oxygen atoms in total. The number of nitrogens with one attached hydrogen (secondary N) is 2. The molecule has 0 bridgehead atoms. The van der Waals surface area contributed by atoms with Crippen molar-refractivity contribution in [1.29, 1.82) is 0 Å². The largest absolute Gasteiger partial charge is 0.321 e. The van der Waals surface area contributed by atoms with E-state index in [1.54, 1.807) is 25.4 Å². The minimum Gasteiger partial charge on any atom is -0.321 e. The van der Waals surface area contributed by atoms with Crippen molar-refractivity contribution in [2.75, 3.05) is 17.8 Å². The van der Waals surface area contributed by atoms with Gasteiger partial charge in [0.25, 0.3) is 5.91 Å². The monoisotopic (exact) mass is 447 g/mol. The molecule has 0 aliphatic heterocycles. The van der Waals surface area contributed by atoms with Crippen LogP contribution in [0.5, 0.6) is 0 Å². The molecule has 2 atom stereocenters. The number of nitrogens with two attached hydrogens (primary N) is 2. The fraction of sp³-hybridized carbons (Fsp3) is 0.350. The van der Waals surface area contributed by atoms with Crippen LogP contribution in [0, 0.1) is 11.7 Å². The van der Waals surface area contributed by atoms with E-state index in [1.165, 1.54) is 17.1 Å². The molecular weight excluding hydrogens is 421 g/mol. The SMILES string of the molecule is CC1CCC(c2cnc(NC(=O)c3cc(NO)ccc3S/C(=N/N)N(C)N)c(F)c2)C1. The predicted molar refractivity (Wildman–Crippen MR) is 119 cm³/mol. The van der Waals surface area contributed by atoms with Crippen LogP contribution in [0.4, 0.5) is 15.9 Å². The highest BCUT2D eigenvalue weighted by atomic mass is 32.2. The fourth-order valence-electron chi connectivity index (χ4n) is 3.61. The Morgan fingerprint density at radius 2 is 2.16 bits per heavy atom. The number of amides is 1. The maximum Gasteiger partial charge on any atom is 0.258 e. The van der Waals surface area contributed by atoms with E-state index in [0.29, 0.717) is 16.7 Å². The second-order valence-corrected chi connectivity index (χ2v) is 8.62. The maximum atomic E-state index is 14.7. The van der Waals surface area contributed by atoms with Crippen LogP contribution in [0.2, 0.25) is 0 Å². The van der Waals surface area contributed by atoms with Gasteiger partial charge in [-0.25, -0.2) is 15.2 Å². The number of halogens is 1. The summed E-state index contributed by atoms with van der Waals surface area (Å²) in [6.07, 6.45) is 4.75. The molecule has 1 heterocycles. The normalized spacial score (nSPS) is 18.7. The number of hydrazine groups is 1. The first-order valence-electron chi connectivity index (χ1n) is 9.77. The third kappa shape index (κ3) is 5.43. The van der Waals surface area contributed by atoms with Crippen molar-refractivity contribution in [2.45, 2.75) is 37.0 Å². The average Bonchev–Trinajstić information content (AvgIpc) is 3.19. The van der Waals surface area contributed by atoms with Gasteiger partial charge in [-0.3, -0.25) is 20.5 Å². The van der Waals surface area contributed by atoms with Crippen molar-refractivity contribution < 1.29 is 14.4 Å². The number of hydrogen-bond donors (Lipinski definition) is 5. The molecule has 0 saturated heterocycles. The van der Waals surface area contributed by atoms with Crippen molar-refractivity contribution in [2.24, 2.45) is 22.7 Å². The van der Waals surface area contributed by atoms with Crippen molar-refractivity contribution in [3.63, 3.8) is 0 Å². The molecule has 11 heteroatoms. The Morgan fingerprint density at radius 3 is 2.74 bits per heavy atom. The Labute approximate surface area is 184 Å². The molecule has 0 spiro atoms. The van der Waals surface area contributed by atoms with Crippen LogP contribution in [0.3, 0.4) is 0 Å². The first-order chi connectivity index (χ1) is 14.8. The lowest BCUT2D eigenvalue weighted by molar-refractivity contribution is 0.102. The van der Waals surface area contributed by atoms with E-state index in [-0.39, 0.29) is 22.2 Å². The van der Waals surface area contributed by atoms with Crippen LogP contribution in [-0.2, 0) is 0 Å². The summed E-state index contributed by atoms with van der Waals surface area (Å²) in [4.78, 5) is 17.5. The number of hydrazone groups is 1. The Kier molecular flexibility index (Phi) is 7.31. The topological polar surface area (TPSA) is 142 Å². The van der Waals surface area contributed by atoms with Crippen LogP contribution < -0.4 is 22.5 Å². The van der Waals surface area contributed by atoms with Crippen LogP contribution in [0.15, 0.2) is 40.5 Å². The summed E-state index contributed by atoms with van der Waals surface area (Å²) in [5.74, 6) is 10.6. The zero-order valence-corrected chi connectivity index (χ0v) is 18.1. The smallest absolute Gasteiger partial charge is 0.258 e. The minimum absolute atomic E-state index is 0.155. The molecule has 1 aromatic heterocycles. The van der Waals surface area contributed by atoms with E-state index in [1.807, 2.05) is 5.48 Å². The highest BCUT2D eigenvalue weighted by molar-refractivity contribution is 8.13. The van der Waals surface area contributed by atoms with Gasteiger partial charge >= 0.3 is 0 Å². The minimum atomic E-state index is -0.607. The molecule has 1 fully saturated rings. The van der Waals surface area contributed by atoms with E-state index >= 15 is 0 Å². The molecule has 1 aliphatic rings. The average molecular weight is 448 g/mol. The zero-order valence-electron chi connectivity index (χ0n) is 17.3. The predicted octanol–water partition coefficient (Wildman–Crippen LogP) is 3.31. The van der Waals surface area contributed by atoms with E-state index in [2.05, 4.69) is 22.3 Å². The lowest BCUT2D eigenvalue weighted by Crippen LogP contribution is -2.32. The second-order valence-electron chi connectivity index (χ2n) is 7.62. The summed E-state index contributed by atoms with van der Waals surface area (Å²) in [6, 6.07) is 5.99. The number of pyridine rings is 1. The highest BCUT2D eigenvalue weighted by Crippen LogP contribution is 2.38. The summed E-state index contributed by atoms with van der Waals surface area (Å²) in [5.41, 5.74) is 3.27. The van der Waals surface area contributed by atoms with Gasteiger partial charge in [0.15, 0.2) is 11.6 Å². The molecule has 2 unspecified atom stereocenters. The van der Waals surface area contributed by atoms with E-state index < -0.39 is 11.7 Å². The maximum absolute atomic E-state index is 14.7. The summed E-state index contributed by atoms with van der Waals surface area (Å²) < 4.78 is 14.7. The Balaban J connectivity index is 1.84. The van der Waals surface area contributed by atoms with Crippen molar-refractivity contribution >= 4 is 34.3 Å². The standard InChI is InChI=1S/C20H26FN7O2S/c1-11-3-4-12(7-11)13-8-16(21)18(24-10-13)25-19(29)15-9-14(27-30)5-6-17(15)31-20(26-22)28(2)23/h5-6,8-12,27,30H,3-4,7,22-23H2,1-2H3,(H,24,25,29)/b26-20+. The number of amidine groups is 1. The number of carbonyl (C=O) groups excluding carboxylic acids is 1.